The Morgan fingerprint density at radius 2 is 2.12 bits per heavy atom. The van der Waals surface area contributed by atoms with Crippen molar-refractivity contribution in [3.05, 3.63) is 0 Å². The van der Waals surface area contributed by atoms with Gasteiger partial charge in [0.05, 0.1) is 5.60 Å². The molecule has 0 radical (unpaired) electrons. The number of aliphatic hydroxyl groups is 1. The van der Waals surface area contributed by atoms with E-state index in [9.17, 15) is 9.90 Å². The van der Waals surface area contributed by atoms with Gasteiger partial charge in [0, 0.05) is 13.7 Å². The number of hydrogen-bond acceptors (Lipinski definition) is 4. The van der Waals surface area contributed by atoms with Crippen molar-refractivity contribution in [2.45, 2.75) is 44.3 Å². The highest BCUT2D eigenvalue weighted by Crippen LogP contribution is 2.22. The van der Waals surface area contributed by atoms with E-state index in [1.165, 1.54) is 0 Å². The first-order valence-electron chi connectivity index (χ1n) is 6.22. The Kier molecular flexibility index (Phi) is 4.91. The lowest BCUT2D eigenvalue weighted by Crippen LogP contribution is -2.56. The molecule has 0 aromatic carbocycles. The number of hydrogen-bond donors (Lipinski definition) is 3. The summed E-state index contributed by atoms with van der Waals surface area (Å²) in [5, 5.41) is 15.9. The van der Waals surface area contributed by atoms with E-state index in [0.717, 1.165) is 13.1 Å². The highest BCUT2D eigenvalue weighted by molar-refractivity contribution is 5.85. The molecule has 0 aromatic rings. The molecule has 5 nitrogen and oxygen atoms in total. The van der Waals surface area contributed by atoms with Crippen LogP contribution in [0, 0.1) is 0 Å². The summed E-state index contributed by atoms with van der Waals surface area (Å²) in [6, 6.07) is 0. The second-order valence-corrected chi connectivity index (χ2v) is 4.98. The number of methoxy groups -OCH3 is 1. The topological polar surface area (TPSA) is 70.6 Å². The second kappa shape index (κ2) is 5.80. The molecule has 5 heteroatoms. The second-order valence-electron chi connectivity index (χ2n) is 4.98. The Balaban J connectivity index is 2.55. The van der Waals surface area contributed by atoms with Crippen LogP contribution in [0.25, 0.3) is 0 Å². The van der Waals surface area contributed by atoms with Gasteiger partial charge < -0.3 is 20.5 Å². The van der Waals surface area contributed by atoms with Gasteiger partial charge >= 0.3 is 0 Å². The normalized spacial score (nSPS) is 22.8. The van der Waals surface area contributed by atoms with Crippen LogP contribution in [-0.4, -0.2) is 49.0 Å². The monoisotopic (exact) mass is 244 g/mol. The molecule has 1 saturated heterocycles. The van der Waals surface area contributed by atoms with E-state index in [-0.39, 0.29) is 12.5 Å². The molecule has 1 heterocycles. The SMILES string of the molecule is CCC(C)(O)CNC(=O)C1(OC)CCNCC1. The van der Waals surface area contributed by atoms with Crippen LogP contribution >= 0.6 is 0 Å². The van der Waals surface area contributed by atoms with Gasteiger partial charge in [-0.25, -0.2) is 0 Å². The first kappa shape index (κ1) is 14.4. The molecule has 3 N–H and O–H groups in total. The predicted octanol–water partition coefficient (Wildman–Crippen LogP) is 0.0322. The predicted molar refractivity (Wildman–Crippen MR) is 65.8 cm³/mol. The maximum Gasteiger partial charge on any atom is 0.252 e. The van der Waals surface area contributed by atoms with Gasteiger partial charge in [-0.15, -0.1) is 0 Å². The van der Waals surface area contributed by atoms with Gasteiger partial charge in [-0.3, -0.25) is 4.79 Å². The van der Waals surface area contributed by atoms with Gasteiger partial charge in [-0.05, 0) is 39.3 Å². The van der Waals surface area contributed by atoms with Gasteiger partial charge in [0.1, 0.15) is 5.60 Å². The van der Waals surface area contributed by atoms with Crippen LogP contribution in [0.15, 0.2) is 0 Å². The largest absolute Gasteiger partial charge is 0.388 e. The molecule has 0 spiro atoms. The molecule has 1 fully saturated rings. The molecule has 1 amide bonds. The average molecular weight is 244 g/mol. The summed E-state index contributed by atoms with van der Waals surface area (Å²) in [6.45, 7) is 5.44. The van der Waals surface area contributed by atoms with Gasteiger partial charge in [-0.1, -0.05) is 6.92 Å². The fraction of sp³-hybridized carbons (Fsp3) is 0.917. The van der Waals surface area contributed by atoms with Crippen molar-refractivity contribution in [3.8, 4) is 0 Å². The van der Waals surface area contributed by atoms with Crippen LogP contribution < -0.4 is 10.6 Å². The summed E-state index contributed by atoms with van der Waals surface area (Å²) >= 11 is 0. The van der Waals surface area contributed by atoms with Crippen molar-refractivity contribution in [2.75, 3.05) is 26.7 Å². The quantitative estimate of drug-likeness (QED) is 0.638. The highest BCUT2D eigenvalue weighted by atomic mass is 16.5. The molecule has 100 valence electrons. The Morgan fingerprint density at radius 1 is 1.53 bits per heavy atom. The molecular formula is C12H24N2O3. The van der Waals surface area contributed by atoms with Gasteiger partial charge in [0.2, 0.25) is 0 Å². The van der Waals surface area contributed by atoms with E-state index < -0.39 is 11.2 Å². The zero-order chi connectivity index (χ0) is 12.9. The number of carbonyl (C=O) groups is 1. The molecule has 1 aliphatic rings. The van der Waals surface area contributed by atoms with Crippen LogP contribution in [-0.2, 0) is 9.53 Å². The lowest BCUT2D eigenvalue weighted by Gasteiger charge is -2.35. The first-order valence-corrected chi connectivity index (χ1v) is 6.22. The number of piperidine rings is 1. The van der Waals surface area contributed by atoms with Crippen molar-refractivity contribution < 1.29 is 14.6 Å². The Labute approximate surface area is 103 Å². The minimum absolute atomic E-state index is 0.116. The third-order valence-electron chi connectivity index (χ3n) is 3.61. The fourth-order valence-electron chi connectivity index (χ4n) is 1.91. The molecule has 0 aliphatic carbocycles. The summed E-state index contributed by atoms with van der Waals surface area (Å²) in [5.74, 6) is -0.116. The molecule has 1 unspecified atom stereocenters. The van der Waals surface area contributed by atoms with Crippen LogP contribution in [0.5, 0.6) is 0 Å². The van der Waals surface area contributed by atoms with E-state index in [1.807, 2.05) is 6.92 Å². The average Bonchev–Trinajstić information content (AvgIpc) is 2.37. The van der Waals surface area contributed by atoms with E-state index >= 15 is 0 Å². The number of nitrogens with one attached hydrogen (secondary N) is 2. The minimum Gasteiger partial charge on any atom is -0.388 e. The highest BCUT2D eigenvalue weighted by Gasteiger charge is 2.40. The zero-order valence-electron chi connectivity index (χ0n) is 11.0. The first-order chi connectivity index (χ1) is 7.96. The lowest BCUT2D eigenvalue weighted by molar-refractivity contribution is -0.147. The van der Waals surface area contributed by atoms with E-state index in [0.29, 0.717) is 19.3 Å². The van der Waals surface area contributed by atoms with Gasteiger partial charge in [0.25, 0.3) is 5.91 Å². The van der Waals surface area contributed by atoms with Gasteiger partial charge in [0.15, 0.2) is 0 Å². The summed E-state index contributed by atoms with van der Waals surface area (Å²) in [5.41, 5.74) is -1.58. The van der Waals surface area contributed by atoms with Crippen LogP contribution in [0.2, 0.25) is 0 Å². The molecular weight excluding hydrogens is 220 g/mol. The summed E-state index contributed by atoms with van der Waals surface area (Å²) in [4.78, 5) is 12.1. The molecule has 1 rings (SSSR count). The standard InChI is InChI=1S/C12H24N2O3/c1-4-11(2,16)9-14-10(15)12(17-3)5-7-13-8-6-12/h13,16H,4-9H2,1-3H3,(H,14,15). The van der Waals surface area contributed by atoms with E-state index in [4.69, 9.17) is 4.74 Å². The van der Waals surface area contributed by atoms with E-state index in [2.05, 4.69) is 10.6 Å². The smallest absolute Gasteiger partial charge is 0.252 e. The van der Waals surface area contributed by atoms with Crippen LogP contribution in [0.4, 0.5) is 0 Å². The van der Waals surface area contributed by atoms with Crippen molar-refractivity contribution >= 4 is 5.91 Å². The van der Waals surface area contributed by atoms with Crippen molar-refractivity contribution in [1.82, 2.24) is 10.6 Å². The maximum atomic E-state index is 12.1. The molecule has 17 heavy (non-hydrogen) atoms. The maximum absolute atomic E-state index is 12.1. The third kappa shape index (κ3) is 3.66. The summed E-state index contributed by atoms with van der Waals surface area (Å²) in [6.07, 6.45) is 1.95. The third-order valence-corrected chi connectivity index (χ3v) is 3.61. The number of carbonyl (C=O) groups excluding carboxylic acids is 1. The summed E-state index contributed by atoms with van der Waals surface area (Å²) in [7, 11) is 1.57. The molecule has 0 bridgehead atoms. The summed E-state index contributed by atoms with van der Waals surface area (Å²) < 4.78 is 5.41. The Bertz CT molecular complexity index is 260. The fourth-order valence-corrected chi connectivity index (χ4v) is 1.91. The molecule has 0 aromatic heterocycles. The number of amides is 1. The lowest BCUT2D eigenvalue weighted by atomic mass is 9.90. The Hall–Kier alpha value is -0.650. The van der Waals surface area contributed by atoms with Crippen molar-refractivity contribution in [2.24, 2.45) is 0 Å². The van der Waals surface area contributed by atoms with E-state index in [1.54, 1.807) is 14.0 Å². The minimum atomic E-state index is -0.850. The zero-order valence-corrected chi connectivity index (χ0v) is 11.0. The molecule has 0 saturated carbocycles. The molecule has 1 atom stereocenters. The Morgan fingerprint density at radius 3 is 2.59 bits per heavy atom. The number of ether oxygens (including phenoxy) is 1. The number of rotatable bonds is 5. The van der Waals surface area contributed by atoms with Crippen molar-refractivity contribution in [3.63, 3.8) is 0 Å². The van der Waals surface area contributed by atoms with Crippen LogP contribution in [0.1, 0.15) is 33.1 Å². The van der Waals surface area contributed by atoms with Crippen LogP contribution in [0.3, 0.4) is 0 Å². The van der Waals surface area contributed by atoms with Crippen molar-refractivity contribution in [1.29, 1.82) is 0 Å². The molecule has 1 aliphatic heterocycles. The van der Waals surface area contributed by atoms with Gasteiger partial charge in [-0.2, -0.15) is 0 Å².